The zero-order valence-corrected chi connectivity index (χ0v) is 15.2. The van der Waals surface area contributed by atoms with Crippen LogP contribution in [0.4, 0.5) is 0 Å². The Labute approximate surface area is 138 Å². The number of rotatable bonds is 4. The van der Waals surface area contributed by atoms with Gasteiger partial charge >= 0.3 is 0 Å². The molecular formula is C16H20N2O3S2. The average molecular weight is 352 g/mol. The molecule has 23 heavy (non-hydrogen) atoms. The predicted molar refractivity (Wildman–Crippen MR) is 92.2 cm³/mol. The van der Waals surface area contributed by atoms with Crippen LogP contribution in [0.15, 0.2) is 51.3 Å². The summed E-state index contributed by atoms with van der Waals surface area (Å²) in [7, 11) is -6.96. The van der Waals surface area contributed by atoms with Crippen LogP contribution in [0.5, 0.6) is 0 Å². The third-order valence-electron chi connectivity index (χ3n) is 3.62. The monoisotopic (exact) mass is 352 g/mol. The van der Waals surface area contributed by atoms with Crippen molar-refractivity contribution in [2.75, 3.05) is 6.26 Å². The standard InChI is InChI=1S/C16H20N2O3S2/c1-12-5-9-16(10-6-12)23(20,21)18-22(4,19)14(3)15-8-7-13(2)17-11-15/h5-11,14H,1-4H3. The summed E-state index contributed by atoms with van der Waals surface area (Å²) in [5.41, 5.74) is 2.49. The smallest absolute Gasteiger partial charge is 0.261 e. The minimum atomic E-state index is -3.97. The van der Waals surface area contributed by atoms with E-state index < -0.39 is 25.0 Å². The zero-order valence-electron chi connectivity index (χ0n) is 13.6. The average Bonchev–Trinajstić information content (AvgIpc) is 2.46. The summed E-state index contributed by atoms with van der Waals surface area (Å²) < 4.78 is 41.3. The van der Waals surface area contributed by atoms with Crippen molar-refractivity contribution in [3.63, 3.8) is 0 Å². The largest absolute Gasteiger partial charge is 0.290 e. The molecule has 2 atom stereocenters. The van der Waals surface area contributed by atoms with Crippen LogP contribution in [-0.4, -0.2) is 23.9 Å². The van der Waals surface area contributed by atoms with Crippen LogP contribution in [0.3, 0.4) is 0 Å². The van der Waals surface area contributed by atoms with Crippen molar-refractivity contribution in [2.24, 2.45) is 3.77 Å². The molecule has 2 rings (SSSR count). The highest BCUT2D eigenvalue weighted by molar-refractivity contribution is 8.03. The number of benzene rings is 1. The molecule has 0 amide bonds. The Hall–Kier alpha value is -1.73. The molecule has 1 heterocycles. The molecule has 0 saturated heterocycles. The van der Waals surface area contributed by atoms with E-state index in [4.69, 9.17) is 0 Å². The van der Waals surface area contributed by atoms with Gasteiger partial charge in [0.15, 0.2) is 0 Å². The van der Waals surface area contributed by atoms with Gasteiger partial charge in [-0.25, -0.2) is 4.21 Å². The van der Waals surface area contributed by atoms with Crippen molar-refractivity contribution in [2.45, 2.75) is 30.9 Å². The second kappa shape index (κ2) is 6.41. The molecule has 1 aromatic heterocycles. The maximum absolute atomic E-state index is 12.9. The molecule has 2 aromatic rings. The van der Waals surface area contributed by atoms with Crippen molar-refractivity contribution in [1.82, 2.24) is 4.98 Å². The fourth-order valence-electron chi connectivity index (χ4n) is 1.98. The number of aromatic nitrogens is 1. The Morgan fingerprint density at radius 1 is 1.00 bits per heavy atom. The Morgan fingerprint density at radius 2 is 1.61 bits per heavy atom. The summed E-state index contributed by atoms with van der Waals surface area (Å²) in [6.07, 6.45) is 2.97. The van der Waals surface area contributed by atoms with Crippen molar-refractivity contribution in [3.05, 3.63) is 59.4 Å². The van der Waals surface area contributed by atoms with E-state index in [2.05, 4.69) is 8.75 Å². The molecule has 0 radical (unpaired) electrons. The lowest BCUT2D eigenvalue weighted by molar-refractivity contribution is 0.597. The van der Waals surface area contributed by atoms with Crippen LogP contribution in [-0.2, 0) is 19.8 Å². The molecule has 5 nitrogen and oxygen atoms in total. The highest BCUT2D eigenvalue weighted by Crippen LogP contribution is 2.25. The predicted octanol–water partition coefficient (Wildman–Crippen LogP) is 3.25. The molecule has 1 aromatic carbocycles. The summed E-state index contributed by atoms with van der Waals surface area (Å²) in [5.74, 6) is 0. The molecule has 0 bridgehead atoms. The lowest BCUT2D eigenvalue weighted by atomic mass is 10.2. The summed E-state index contributed by atoms with van der Waals surface area (Å²) in [5, 5.41) is -0.546. The normalized spacial score (nSPS) is 15.7. The van der Waals surface area contributed by atoms with Crippen LogP contribution in [0.2, 0.25) is 0 Å². The Balaban J connectivity index is 2.44. The van der Waals surface area contributed by atoms with E-state index in [0.29, 0.717) is 5.56 Å². The van der Waals surface area contributed by atoms with Crippen molar-refractivity contribution >= 4 is 19.8 Å². The minimum absolute atomic E-state index is 0.0481. The third-order valence-corrected chi connectivity index (χ3v) is 8.05. The minimum Gasteiger partial charge on any atom is -0.261 e. The SMILES string of the molecule is Cc1ccc(S(=O)(=O)N=S(C)(=O)C(C)c2ccc(C)nc2)cc1. The van der Waals surface area contributed by atoms with Crippen LogP contribution in [0.25, 0.3) is 0 Å². The topological polar surface area (TPSA) is 76.5 Å². The lowest BCUT2D eigenvalue weighted by Crippen LogP contribution is -2.11. The number of nitrogens with zero attached hydrogens (tertiary/aromatic N) is 2. The highest BCUT2D eigenvalue weighted by atomic mass is 32.3. The first-order chi connectivity index (χ1) is 10.6. The zero-order chi connectivity index (χ0) is 17.3. The molecule has 0 aliphatic rings. The maximum Gasteiger partial charge on any atom is 0.290 e. The van der Waals surface area contributed by atoms with Gasteiger partial charge in [-0.05, 0) is 44.5 Å². The van der Waals surface area contributed by atoms with Gasteiger partial charge in [0, 0.05) is 18.1 Å². The van der Waals surface area contributed by atoms with E-state index in [1.54, 1.807) is 37.4 Å². The molecular weight excluding hydrogens is 332 g/mol. The molecule has 0 aliphatic carbocycles. The molecule has 0 aliphatic heterocycles. The van der Waals surface area contributed by atoms with Gasteiger partial charge in [-0.2, -0.15) is 8.42 Å². The quantitative estimate of drug-likeness (QED) is 0.846. The first-order valence-corrected chi connectivity index (χ1v) is 10.5. The van der Waals surface area contributed by atoms with Gasteiger partial charge in [0.25, 0.3) is 10.0 Å². The van der Waals surface area contributed by atoms with Crippen LogP contribution in [0.1, 0.15) is 29.0 Å². The fraction of sp³-hybridized carbons (Fsp3) is 0.312. The summed E-state index contributed by atoms with van der Waals surface area (Å²) >= 11 is 0. The summed E-state index contributed by atoms with van der Waals surface area (Å²) in [6, 6.07) is 9.92. The highest BCUT2D eigenvalue weighted by Gasteiger charge is 2.22. The van der Waals surface area contributed by atoms with Crippen LogP contribution in [0, 0.1) is 13.8 Å². The first kappa shape index (κ1) is 17.6. The molecule has 0 N–H and O–H groups in total. The van der Waals surface area contributed by atoms with Gasteiger partial charge < -0.3 is 0 Å². The van der Waals surface area contributed by atoms with Gasteiger partial charge in [0.2, 0.25) is 0 Å². The van der Waals surface area contributed by atoms with Gasteiger partial charge in [0.1, 0.15) is 0 Å². The fourth-order valence-corrected chi connectivity index (χ4v) is 5.53. The van der Waals surface area contributed by atoms with E-state index in [9.17, 15) is 12.6 Å². The number of pyridine rings is 1. The first-order valence-electron chi connectivity index (χ1n) is 7.08. The summed E-state index contributed by atoms with van der Waals surface area (Å²) in [6.45, 7) is 5.41. The molecule has 0 saturated carbocycles. The van der Waals surface area contributed by atoms with E-state index in [1.807, 2.05) is 13.8 Å². The third kappa shape index (κ3) is 4.17. The van der Waals surface area contributed by atoms with Gasteiger partial charge in [0.05, 0.1) is 19.9 Å². The second-order valence-electron chi connectivity index (χ2n) is 5.60. The molecule has 124 valence electrons. The number of hydrogen-bond donors (Lipinski definition) is 0. The Kier molecular flexibility index (Phi) is 4.91. The van der Waals surface area contributed by atoms with Gasteiger partial charge in [-0.1, -0.05) is 23.8 Å². The Morgan fingerprint density at radius 3 is 2.13 bits per heavy atom. The summed E-state index contributed by atoms with van der Waals surface area (Å²) in [4.78, 5) is 4.21. The number of hydrogen-bond acceptors (Lipinski definition) is 4. The van der Waals surface area contributed by atoms with E-state index in [0.717, 1.165) is 11.3 Å². The Bertz CT molecular complexity index is 909. The maximum atomic E-state index is 12.9. The molecule has 2 unspecified atom stereocenters. The van der Waals surface area contributed by atoms with Crippen LogP contribution >= 0.6 is 0 Å². The van der Waals surface area contributed by atoms with E-state index in [-0.39, 0.29) is 4.90 Å². The lowest BCUT2D eigenvalue weighted by Gasteiger charge is -2.14. The van der Waals surface area contributed by atoms with E-state index in [1.165, 1.54) is 18.4 Å². The molecule has 7 heteroatoms. The molecule has 0 spiro atoms. The number of aryl methyl sites for hydroxylation is 2. The molecule has 0 fully saturated rings. The van der Waals surface area contributed by atoms with Crippen molar-refractivity contribution in [1.29, 1.82) is 0 Å². The van der Waals surface area contributed by atoms with Crippen molar-refractivity contribution in [3.8, 4) is 0 Å². The second-order valence-corrected chi connectivity index (χ2v) is 10.0. The van der Waals surface area contributed by atoms with Gasteiger partial charge in [-0.15, -0.1) is 3.77 Å². The van der Waals surface area contributed by atoms with Crippen molar-refractivity contribution < 1.29 is 12.6 Å². The van der Waals surface area contributed by atoms with Gasteiger partial charge in [-0.3, -0.25) is 4.98 Å². The number of sulfonamides is 1. The van der Waals surface area contributed by atoms with E-state index >= 15 is 0 Å². The van der Waals surface area contributed by atoms with Crippen LogP contribution < -0.4 is 0 Å².